The Morgan fingerprint density at radius 2 is 1.94 bits per heavy atom. The minimum absolute atomic E-state index is 0.0300. The van der Waals surface area contributed by atoms with Crippen LogP contribution in [-0.2, 0) is 14.8 Å². The first-order valence-electron chi connectivity index (χ1n) is 10.6. The molecular formula is C23H31N3O5S. The first-order chi connectivity index (χ1) is 15.0. The van der Waals surface area contributed by atoms with Crippen molar-refractivity contribution in [3.8, 4) is 5.75 Å². The number of carbonyl (C=O) groups excluding carboxylic acids is 1. The van der Waals surface area contributed by atoms with E-state index in [2.05, 4.69) is 10.5 Å². The molecule has 1 saturated heterocycles. The molecule has 1 aromatic carbocycles. The maximum atomic E-state index is 13.4. The molecule has 174 valence electrons. The van der Waals surface area contributed by atoms with Crippen LogP contribution >= 0.6 is 0 Å². The molecule has 1 N–H and O–H groups in total. The molecule has 0 aliphatic carbocycles. The zero-order valence-electron chi connectivity index (χ0n) is 19.2. The SMILES string of the molecule is COc1cccc(/C=C/c2onc(C)c2S(=O)(=O)N2CCC(C(=O)NC(C)(C)C)CC2)c1. The predicted octanol–water partition coefficient (Wildman–Crippen LogP) is 3.48. The number of ether oxygens (including phenoxy) is 1. The van der Waals surface area contributed by atoms with Crippen molar-refractivity contribution < 1.29 is 22.5 Å². The van der Waals surface area contributed by atoms with Crippen LogP contribution in [0.15, 0.2) is 33.7 Å². The van der Waals surface area contributed by atoms with E-state index in [1.807, 2.05) is 45.0 Å². The lowest BCUT2D eigenvalue weighted by Crippen LogP contribution is -2.47. The lowest BCUT2D eigenvalue weighted by atomic mass is 9.96. The van der Waals surface area contributed by atoms with Crippen LogP contribution in [0.3, 0.4) is 0 Å². The van der Waals surface area contributed by atoms with Crippen LogP contribution in [0.1, 0.15) is 50.6 Å². The number of methoxy groups -OCH3 is 1. The molecule has 8 nitrogen and oxygen atoms in total. The van der Waals surface area contributed by atoms with Crippen molar-refractivity contribution in [2.45, 2.75) is 51.0 Å². The minimum atomic E-state index is -3.81. The standard InChI is InChI=1S/C23H31N3O5S/c1-16-21(20(31-25-16)10-9-17-7-6-8-19(15-17)30-5)32(28,29)26-13-11-18(12-14-26)22(27)24-23(2,3)4/h6-10,15,18H,11-14H2,1-5H3,(H,24,27)/b10-9+. The van der Waals surface area contributed by atoms with Gasteiger partial charge in [0.15, 0.2) is 10.7 Å². The van der Waals surface area contributed by atoms with E-state index in [0.29, 0.717) is 24.3 Å². The number of hydrogen-bond acceptors (Lipinski definition) is 6. The fourth-order valence-electron chi connectivity index (χ4n) is 3.67. The van der Waals surface area contributed by atoms with Crippen LogP contribution in [0.5, 0.6) is 5.75 Å². The molecule has 0 saturated carbocycles. The molecule has 1 aliphatic rings. The van der Waals surface area contributed by atoms with Crippen molar-refractivity contribution in [1.29, 1.82) is 0 Å². The molecule has 1 aliphatic heterocycles. The Morgan fingerprint density at radius 1 is 1.25 bits per heavy atom. The highest BCUT2D eigenvalue weighted by atomic mass is 32.2. The molecule has 0 atom stereocenters. The van der Waals surface area contributed by atoms with Gasteiger partial charge in [-0.05, 0) is 64.3 Å². The summed E-state index contributed by atoms with van der Waals surface area (Å²) in [6.45, 7) is 7.95. The number of benzene rings is 1. The number of hydrogen-bond donors (Lipinski definition) is 1. The fourth-order valence-corrected chi connectivity index (χ4v) is 5.39. The molecule has 0 radical (unpaired) electrons. The van der Waals surface area contributed by atoms with Gasteiger partial charge in [-0.25, -0.2) is 8.42 Å². The third-order valence-corrected chi connectivity index (χ3v) is 7.33. The second-order valence-corrected chi connectivity index (χ2v) is 10.9. The highest BCUT2D eigenvalue weighted by Crippen LogP contribution is 2.29. The molecule has 1 fully saturated rings. The van der Waals surface area contributed by atoms with Crippen molar-refractivity contribution in [3.05, 3.63) is 41.3 Å². The molecule has 1 aromatic heterocycles. The van der Waals surface area contributed by atoms with E-state index in [-0.39, 0.29) is 41.1 Å². The van der Waals surface area contributed by atoms with E-state index in [0.717, 1.165) is 5.56 Å². The van der Waals surface area contributed by atoms with Crippen LogP contribution in [-0.4, -0.2) is 49.5 Å². The minimum Gasteiger partial charge on any atom is -0.497 e. The van der Waals surface area contributed by atoms with Gasteiger partial charge >= 0.3 is 0 Å². The lowest BCUT2D eigenvalue weighted by molar-refractivity contribution is -0.127. The summed E-state index contributed by atoms with van der Waals surface area (Å²) in [4.78, 5) is 12.5. The van der Waals surface area contributed by atoms with Crippen molar-refractivity contribution in [2.75, 3.05) is 20.2 Å². The average molecular weight is 462 g/mol. The molecule has 9 heteroatoms. The number of piperidine rings is 1. The van der Waals surface area contributed by atoms with Gasteiger partial charge in [0.1, 0.15) is 11.4 Å². The van der Waals surface area contributed by atoms with Gasteiger partial charge in [0.2, 0.25) is 15.9 Å². The number of nitrogens with zero attached hydrogens (tertiary/aromatic N) is 2. The number of carbonyl (C=O) groups is 1. The zero-order chi connectivity index (χ0) is 23.5. The van der Waals surface area contributed by atoms with Gasteiger partial charge in [-0.3, -0.25) is 4.79 Å². The second kappa shape index (κ2) is 9.46. The normalized spacial score (nSPS) is 16.4. The molecule has 3 rings (SSSR count). The maximum Gasteiger partial charge on any atom is 0.248 e. The van der Waals surface area contributed by atoms with Crippen LogP contribution < -0.4 is 10.1 Å². The Bertz CT molecular complexity index is 1090. The van der Waals surface area contributed by atoms with Crippen molar-refractivity contribution >= 4 is 28.1 Å². The van der Waals surface area contributed by atoms with Crippen LogP contribution in [0.25, 0.3) is 12.2 Å². The summed E-state index contributed by atoms with van der Waals surface area (Å²) in [6.07, 6.45) is 4.30. The monoisotopic (exact) mass is 461 g/mol. The Kier molecular flexibility index (Phi) is 7.09. The smallest absolute Gasteiger partial charge is 0.248 e. The number of sulfonamides is 1. The predicted molar refractivity (Wildman–Crippen MR) is 123 cm³/mol. The number of nitrogens with one attached hydrogen (secondary N) is 1. The fraction of sp³-hybridized carbons (Fsp3) is 0.478. The van der Waals surface area contributed by atoms with Gasteiger partial charge in [0.25, 0.3) is 0 Å². The van der Waals surface area contributed by atoms with E-state index in [1.165, 1.54) is 4.31 Å². The largest absolute Gasteiger partial charge is 0.497 e. The van der Waals surface area contributed by atoms with E-state index in [1.54, 1.807) is 26.2 Å². The summed E-state index contributed by atoms with van der Waals surface area (Å²) in [5.74, 6) is 0.652. The Morgan fingerprint density at radius 3 is 2.56 bits per heavy atom. The average Bonchev–Trinajstić information content (AvgIpc) is 3.12. The molecule has 2 aromatic rings. The highest BCUT2D eigenvalue weighted by Gasteiger charge is 2.36. The van der Waals surface area contributed by atoms with Gasteiger partial charge in [-0.1, -0.05) is 23.4 Å². The number of aromatic nitrogens is 1. The Labute approximate surface area is 189 Å². The summed E-state index contributed by atoms with van der Waals surface area (Å²) < 4.78 is 38.7. The van der Waals surface area contributed by atoms with Gasteiger partial charge in [0, 0.05) is 24.5 Å². The van der Waals surface area contributed by atoms with Crippen LogP contribution in [0.2, 0.25) is 0 Å². The van der Waals surface area contributed by atoms with Crippen molar-refractivity contribution in [3.63, 3.8) is 0 Å². The molecule has 32 heavy (non-hydrogen) atoms. The summed E-state index contributed by atoms with van der Waals surface area (Å²) >= 11 is 0. The summed E-state index contributed by atoms with van der Waals surface area (Å²) in [6, 6.07) is 7.39. The van der Waals surface area contributed by atoms with Crippen LogP contribution in [0.4, 0.5) is 0 Å². The number of amides is 1. The van der Waals surface area contributed by atoms with Gasteiger partial charge < -0.3 is 14.6 Å². The summed E-state index contributed by atoms with van der Waals surface area (Å²) in [5, 5.41) is 6.86. The molecule has 0 bridgehead atoms. The van der Waals surface area contributed by atoms with E-state index in [4.69, 9.17) is 9.26 Å². The Balaban J connectivity index is 1.76. The number of rotatable bonds is 6. The van der Waals surface area contributed by atoms with Crippen LogP contribution in [0, 0.1) is 12.8 Å². The van der Waals surface area contributed by atoms with Gasteiger partial charge in [-0.2, -0.15) is 4.31 Å². The number of aryl methyl sites for hydroxylation is 1. The third-order valence-electron chi connectivity index (χ3n) is 5.28. The second-order valence-electron chi connectivity index (χ2n) is 8.99. The van der Waals surface area contributed by atoms with Crippen molar-refractivity contribution in [2.24, 2.45) is 5.92 Å². The lowest BCUT2D eigenvalue weighted by Gasteiger charge is -2.32. The van der Waals surface area contributed by atoms with Gasteiger partial charge in [0.05, 0.1) is 7.11 Å². The molecule has 0 unspecified atom stereocenters. The summed E-state index contributed by atoms with van der Waals surface area (Å²) in [7, 11) is -2.23. The first kappa shape index (κ1) is 24.0. The highest BCUT2D eigenvalue weighted by molar-refractivity contribution is 7.89. The summed E-state index contributed by atoms with van der Waals surface area (Å²) in [5.41, 5.74) is 0.833. The third kappa shape index (κ3) is 5.58. The van der Waals surface area contributed by atoms with Crippen molar-refractivity contribution in [1.82, 2.24) is 14.8 Å². The maximum absolute atomic E-state index is 13.4. The van der Waals surface area contributed by atoms with E-state index >= 15 is 0 Å². The zero-order valence-corrected chi connectivity index (χ0v) is 20.0. The molecule has 0 spiro atoms. The quantitative estimate of drug-likeness (QED) is 0.707. The Hall–Kier alpha value is -2.65. The van der Waals surface area contributed by atoms with E-state index < -0.39 is 10.0 Å². The van der Waals surface area contributed by atoms with Gasteiger partial charge in [-0.15, -0.1) is 0 Å². The molecule has 2 heterocycles. The molecule has 1 amide bonds. The topological polar surface area (TPSA) is 102 Å². The van der Waals surface area contributed by atoms with E-state index in [9.17, 15) is 13.2 Å². The molecular weight excluding hydrogens is 430 g/mol. The first-order valence-corrected chi connectivity index (χ1v) is 12.1.